The Labute approximate surface area is 611 Å². The third-order valence-corrected chi connectivity index (χ3v) is 21.4. The van der Waals surface area contributed by atoms with Gasteiger partial charge in [-0.2, -0.15) is 0 Å². The first-order chi connectivity index (χ1) is 51.2. The molecular weight excluding hydrogens is 1220 g/mol. The van der Waals surface area contributed by atoms with E-state index in [0.717, 1.165) is 111 Å². The van der Waals surface area contributed by atoms with E-state index in [9.17, 15) is 11.0 Å². The summed E-state index contributed by atoms with van der Waals surface area (Å²) in [6.45, 7) is 40.5. The molecule has 14 aromatic rings. The first kappa shape index (κ1) is 56.6. The van der Waals surface area contributed by atoms with Crippen molar-refractivity contribution < 1.29 is 11.0 Å². The van der Waals surface area contributed by atoms with Gasteiger partial charge in [-0.25, -0.2) is 0 Å². The minimum Gasteiger partial charge on any atom is -0.311 e. The second-order valence-electron chi connectivity index (χ2n) is 34.7. The minimum absolute atomic E-state index is 0.00990. The van der Waals surface area contributed by atoms with Gasteiger partial charge >= 0.3 is 0 Å². The highest BCUT2D eigenvalue weighted by Crippen LogP contribution is 2.50. The zero-order valence-corrected chi connectivity index (χ0v) is 61.9. The zero-order valence-electron chi connectivity index (χ0n) is 69.9. The number of nitrogens with zero attached hydrogens (tertiary/aromatic N) is 4. The van der Waals surface area contributed by atoms with E-state index >= 15 is 0 Å². The second kappa shape index (κ2) is 23.2. The highest BCUT2D eigenvalue weighted by atomic mass is 15.2. The second-order valence-corrected chi connectivity index (χ2v) is 34.7. The molecule has 0 fully saturated rings. The number of hydrogen-bond acceptors (Lipinski definition) is 2. The molecule has 2 aliphatic rings. The fourth-order valence-corrected chi connectivity index (χ4v) is 15.5. The zero-order chi connectivity index (χ0) is 77.7. The minimum atomic E-state index is -0.498. The van der Waals surface area contributed by atoms with Gasteiger partial charge in [0.1, 0.15) is 0 Å². The van der Waals surface area contributed by atoms with Crippen LogP contribution >= 0.6 is 0 Å². The van der Waals surface area contributed by atoms with E-state index in [1.165, 1.54) is 33.4 Å². The van der Waals surface area contributed by atoms with Gasteiger partial charge in [0.25, 0.3) is 6.71 Å². The van der Waals surface area contributed by atoms with Gasteiger partial charge in [0.2, 0.25) is 0 Å². The fourth-order valence-electron chi connectivity index (χ4n) is 15.5. The highest BCUT2D eigenvalue weighted by molar-refractivity contribution is 7.00. The average molecular weight is 1320 g/mol. The van der Waals surface area contributed by atoms with E-state index < -0.39 is 43.0 Å². The van der Waals surface area contributed by atoms with Crippen molar-refractivity contribution in [2.45, 2.75) is 157 Å². The molecule has 12 aromatic carbocycles. The number of aromatic nitrogens is 2. The summed E-state index contributed by atoms with van der Waals surface area (Å²) in [6.07, 6.45) is 0. The molecule has 2 aromatic heterocycles. The lowest BCUT2D eigenvalue weighted by atomic mass is 9.33. The molecule has 0 N–H and O–H groups in total. The molecule has 0 bridgehead atoms. The smallest absolute Gasteiger partial charge is 0.252 e. The Morgan fingerprint density at radius 2 is 0.653 bits per heavy atom. The Balaban J connectivity index is 1.07. The molecule has 4 nitrogen and oxygen atoms in total. The SMILES string of the molecule is [2H]c1c([2H])c([2H])c2c(c1[2H])c1c([2H])c([2H])c([2H])c([2H])c1n2-c1cc2c3c(c1)N(c1cccc(-c4cc(C(C)(C)C)cc(C(C)(C)C)c4)c1)c1cc(-n4c5ccccc5c5ccccc54)ccc1B3c1cc(-c3cc(C(C)(C)C)cc(C(C)(C)C)c3)ccc1N2c1ccc(-c2cc(C(C)(C)C)cc(C(C)(C)C)c2)cc1. The maximum absolute atomic E-state index is 10.0. The first-order valence-electron chi connectivity index (χ1n) is 39.9. The van der Waals surface area contributed by atoms with Crippen molar-refractivity contribution in [2.75, 3.05) is 9.80 Å². The molecule has 2 aliphatic heterocycles. The molecule has 0 saturated heterocycles. The number of fused-ring (bicyclic) bond motifs is 10. The Bertz CT molecular complexity index is 5950. The molecule has 0 amide bonds. The molecule has 5 heteroatoms. The summed E-state index contributed by atoms with van der Waals surface area (Å²) in [5, 5.41) is 2.29. The van der Waals surface area contributed by atoms with Crippen LogP contribution in [0.1, 0.15) is 169 Å². The number of benzene rings is 12. The van der Waals surface area contributed by atoms with E-state index in [-0.39, 0.29) is 66.4 Å². The Kier molecular flexibility index (Phi) is 13.0. The van der Waals surface area contributed by atoms with Crippen molar-refractivity contribution in [3.63, 3.8) is 0 Å². The molecule has 4 heterocycles. The van der Waals surface area contributed by atoms with Gasteiger partial charge < -0.3 is 18.9 Å². The predicted molar refractivity (Wildman–Crippen MR) is 438 cm³/mol. The summed E-state index contributed by atoms with van der Waals surface area (Å²) >= 11 is 0. The Morgan fingerprint density at radius 1 is 0.257 bits per heavy atom. The number of para-hydroxylation sites is 4. The van der Waals surface area contributed by atoms with Crippen LogP contribution in [0.15, 0.2) is 249 Å². The summed E-state index contributed by atoms with van der Waals surface area (Å²) in [5.74, 6) is 0. The predicted octanol–water partition coefficient (Wildman–Crippen LogP) is 24.7. The summed E-state index contributed by atoms with van der Waals surface area (Å²) < 4.78 is 80.7. The molecule has 101 heavy (non-hydrogen) atoms. The summed E-state index contributed by atoms with van der Waals surface area (Å²) in [5.41, 5.74) is 24.8. The lowest BCUT2D eigenvalue weighted by molar-refractivity contribution is 0.568. The van der Waals surface area contributed by atoms with Crippen LogP contribution in [0.25, 0.3) is 88.4 Å². The van der Waals surface area contributed by atoms with Gasteiger partial charge in [0, 0.05) is 61.4 Å². The number of hydrogen-bond donors (Lipinski definition) is 0. The lowest BCUT2D eigenvalue weighted by Crippen LogP contribution is -2.61. The van der Waals surface area contributed by atoms with Crippen molar-refractivity contribution in [1.82, 2.24) is 9.13 Å². The van der Waals surface area contributed by atoms with Crippen LogP contribution in [0.2, 0.25) is 0 Å². The van der Waals surface area contributed by atoms with Crippen LogP contribution in [-0.2, 0) is 32.5 Å². The van der Waals surface area contributed by atoms with Gasteiger partial charge in [-0.1, -0.05) is 294 Å². The topological polar surface area (TPSA) is 16.3 Å². The van der Waals surface area contributed by atoms with Crippen LogP contribution in [0.3, 0.4) is 0 Å². The molecule has 0 saturated carbocycles. The van der Waals surface area contributed by atoms with Crippen molar-refractivity contribution in [3.8, 4) is 44.8 Å². The Morgan fingerprint density at radius 3 is 1.13 bits per heavy atom. The van der Waals surface area contributed by atoms with E-state index in [1.807, 2.05) is 0 Å². The third kappa shape index (κ3) is 11.3. The van der Waals surface area contributed by atoms with Crippen LogP contribution in [-0.4, -0.2) is 15.8 Å². The summed E-state index contributed by atoms with van der Waals surface area (Å²) in [6, 6.07) is 70.8. The first-order valence-corrected chi connectivity index (χ1v) is 35.9. The van der Waals surface area contributed by atoms with Crippen molar-refractivity contribution in [3.05, 3.63) is 282 Å². The van der Waals surface area contributed by atoms with E-state index in [1.54, 1.807) is 4.57 Å². The van der Waals surface area contributed by atoms with E-state index in [0.29, 0.717) is 5.69 Å². The number of rotatable bonds is 7. The van der Waals surface area contributed by atoms with Gasteiger partial charge in [-0.05, 0) is 194 Å². The summed E-state index contributed by atoms with van der Waals surface area (Å²) in [7, 11) is 0. The Hall–Kier alpha value is -10.1. The van der Waals surface area contributed by atoms with Crippen molar-refractivity contribution >= 4 is 101 Å². The van der Waals surface area contributed by atoms with Gasteiger partial charge in [0.05, 0.1) is 38.7 Å². The van der Waals surface area contributed by atoms with Crippen LogP contribution < -0.4 is 26.2 Å². The molecule has 502 valence electrons. The molecular formula is C96H95BN4. The average Bonchev–Trinajstić information content (AvgIpc) is 1.66. The van der Waals surface area contributed by atoms with Crippen LogP contribution in [0, 0.1) is 0 Å². The maximum Gasteiger partial charge on any atom is 0.252 e. The lowest BCUT2D eigenvalue weighted by Gasteiger charge is -2.45. The normalized spacial score (nSPS) is 14.7. The molecule has 0 unspecified atom stereocenters. The van der Waals surface area contributed by atoms with Crippen LogP contribution in [0.4, 0.5) is 34.1 Å². The quantitative estimate of drug-likeness (QED) is 0.148. The largest absolute Gasteiger partial charge is 0.311 e. The number of anilines is 6. The maximum atomic E-state index is 10.0. The highest BCUT2D eigenvalue weighted by Gasteiger charge is 2.45. The third-order valence-electron chi connectivity index (χ3n) is 21.4. The monoisotopic (exact) mass is 1320 g/mol. The van der Waals surface area contributed by atoms with Crippen molar-refractivity contribution in [1.29, 1.82) is 0 Å². The fraction of sp³-hybridized carbons (Fsp3) is 0.250. The standard InChI is InChI=1S/C96H95BN4/c1-91(2,3)66-46-63(47-67(54-66)92(4,5)6)60-38-41-72(42-39-60)98-86-45-40-62(65-50-70(95(13,14)15)56-71(51-65)96(16,17)18)53-81(86)97-80-44-43-74(99-82-34-23-19-30-76(82)77-31-20-24-35-83(77)99)57-87(80)100(73-29-27-28-61(52-73)64-48-68(93(7,8)9)55-69(49-64)94(10,11)12)89-59-75(58-88(98)90(89)97)101-84-36-25-21-32-78(84)79-33-22-26-37-85(79)101/h19-59H,1-18H3/i21D,22D,25D,26D,32D,33D,36D,37D. The molecule has 0 spiro atoms. The van der Waals surface area contributed by atoms with Gasteiger partial charge in [0.15, 0.2) is 0 Å². The summed E-state index contributed by atoms with van der Waals surface area (Å²) in [4.78, 5) is 4.75. The van der Waals surface area contributed by atoms with E-state index in [4.69, 9.17) is 0 Å². The van der Waals surface area contributed by atoms with Gasteiger partial charge in [-0.3, -0.25) is 0 Å². The van der Waals surface area contributed by atoms with Crippen molar-refractivity contribution in [2.24, 2.45) is 0 Å². The molecule has 0 atom stereocenters. The molecule has 0 aliphatic carbocycles. The molecule has 0 radical (unpaired) electrons. The van der Waals surface area contributed by atoms with Crippen LogP contribution in [0.5, 0.6) is 0 Å². The van der Waals surface area contributed by atoms with E-state index in [2.05, 4.69) is 339 Å². The molecule has 16 rings (SSSR count). The van der Waals surface area contributed by atoms with Gasteiger partial charge in [-0.15, -0.1) is 0 Å².